The zero-order valence-electron chi connectivity index (χ0n) is 18.8. The van der Waals surface area contributed by atoms with Crippen LogP contribution in [0.25, 0.3) is 0 Å². The summed E-state index contributed by atoms with van der Waals surface area (Å²) in [6, 6.07) is 2.58. The Bertz CT molecular complexity index is 1300. The molecule has 1 saturated heterocycles. The van der Waals surface area contributed by atoms with Gasteiger partial charge in [-0.1, -0.05) is 39.9 Å². The third-order valence-electron chi connectivity index (χ3n) is 5.15. The summed E-state index contributed by atoms with van der Waals surface area (Å²) in [7, 11) is 0. The minimum absolute atomic E-state index is 0.0445. The number of carbonyl (C=O) groups is 3. The fourth-order valence-electron chi connectivity index (χ4n) is 3.55. The van der Waals surface area contributed by atoms with Gasteiger partial charge in [-0.2, -0.15) is 11.8 Å². The van der Waals surface area contributed by atoms with E-state index < -0.39 is 34.9 Å². The largest absolute Gasteiger partial charge is 0.477 e. The number of hydrogen-bond acceptors (Lipinski definition) is 13. The number of pyridine rings is 1. The summed E-state index contributed by atoms with van der Waals surface area (Å²) in [6.07, 6.45) is 1.67. The van der Waals surface area contributed by atoms with E-state index in [1.165, 1.54) is 23.5 Å². The molecule has 17 heteroatoms. The van der Waals surface area contributed by atoms with Crippen molar-refractivity contribution in [3.05, 3.63) is 44.7 Å². The minimum atomic E-state index is -1.25. The van der Waals surface area contributed by atoms with Gasteiger partial charge in [0.05, 0.1) is 5.69 Å². The highest BCUT2D eigenvalue weighted by Gasteiger charge is 2.54. The number of nitrogen functional groups attached to an aromatic ring is 1. The predicted octanol–water partition coefficient (Wildman–Crippen LogP) is 1.63. The number of rotatable bonds is 10. The third kappa shape index (κ3) is 5.68. The molecule has 2 aliphatic heterocycles. The topological polar surface area (TPSA) is 197 Å². The van der Waals surface area contributed by atoms with E-state index in [0.29, 0.717) is 23.0 Å². The van der Waals surface area contributed by atoms with E-state index in [4.69, 9.17) is 23.1 Å². The van der Waals surface area contributed by atoms with E-state index in [0.717, 1.165) is 32.6 Å². The molecule has 2 aliphatic rings. The number of aromatic nitrogens is 2. The van der Waals surface area contributed by atoms with Crippen LogP contribution in [0.4, 0.5) is 5.13 Å². The molecule has 0 aliphatic carbocycles. The average molecular weight is 602 g/mol. The molecule has 2 amide bonds. The van der Waals surface area contributed by atoms with Gasteiger partial charge in [0.15, 0.2) is 10.8 Å². The maximum Gasteiger partial charge on any atom is 0.353 e. The Kier molecular flexibility index (Phi) is 8.86. The molecule has 7 N–H and O–H groups in total. The fraction of sp³-hybridized carbons (Fsp3) is 0.300. The molecular weight excluding hydrogens is 582 g/mol. The van der Waals surface area contributed by atoms with Crippen molar-refractivity contribution in [3.8, 4) is 0 Å². The standard InChI is InChI=1S/C20H20ClN7O5S4/c21-15-11(26-20(23)37-15)12(27-33)16(29)25-13-17(30)28-14(19(31)32)10(7-35-18(13)28)36-9-2-1-4-24-8(9)6-34-5-3-22/h1-2,4,13,18,33H,3,5-7,22H2,(H2,23,26)(H,25,29)(H,31,32)/b27-12-. The number of fused-ring (bicyclic) bond motifs is 1. The first-order chi connectivity index (χ1) is 17.8. The van der Waals surface area contributed by atoms with Crippen molar-refractivity contribution in [2.24, 2.45) is 10.9 Å². The van der Waals surface area contributed by atoms with Crippen molar-refractivity contribution >= 4 is 86.9 Å². The van der Waals surface area contributed by atoms with E-state index in [9.17, 15) is 24.7 Å². The predicted molar refractivity (Wildman–Crippen MR) is 145 cm³/mol. The second kappa shape index (κ2) is 11.9. The Morgan fingerprint density at radius 2 is 2.19 bits per heavy atom. The number of anilines is 1. The third-order valence-corrected chi connectivity index (χ3v) is 9.87. The van der Waals surface area contributed by atoms with Crippen LogP contribution >= 0.6 is 58.2 Å². The Morgan fingerprint density at radius 1 is 1.41 bits per heavy atom. The Morgan fingerprint density at radius 3 is 2.84 bits per heavy atom. The zero-order valence-corrected chi connectivity index (χ0v) is 22.8. The summed E-state index contributed by atoms with van der Waals surface area (Å²) in [6.45, 7) is 0.539. The first-order valence-electron chi connectivity index (χ1n) is 10.5. The quantitative estimate of drug-likeness (QED) is 0.0868. The lowest BCUT2D eigenvalue weighted by Crippen LogP contribution is -2.71. The van der Waals surface area contributed by atoms with Crippen LogP contribution in [0, 0.1) is 0 Å². The SMILES string of the molecule is NCCSCc1ncccc1SC1=C(C(=O)O)N2C(=O)C(NC(=O)/C(=N\O)c3nc(N)sc3Cl)C2SC1. The van der Waals surface area contributed by atoms with Crippen LogP contribution in [0.1, 0.15) is 11.4 Å². The van der Waals surface area contributed by atoms with E-state index in [1.807, 2.05) is 6.07 Å². The second-order valence-corrected chi connectivity index (χ2v) is 12.4. The molecule has 4 heterocycles. The van der Waals surface area contributed by atoms with Crippen LogP contribution in [0.5, 0.6) is 0 Å². The number of aliphatic carboxylic acids is 1. The van der Waals surface area contributed by atoms with Crippen molar-refractivity contribution < 1.29 is 24.7 Å². The Balaban J connectivity index is 1.52. The van der Waals surface area contributed by atoms with Crippen LogP contribution in [0.3, 0.4) is 0 Å². The molecule has 4 rings (SSSR count). The number of carbonyl (C=O) groups excluding carboxylic acids is 2. The van der Waals surface area contributed by atoms with Gasteiger partial charge in [0.1, 0.15) is 27.1 Å². The minimum Gasteiger partial charge on any atom is -0.477 e. The maximum absolute atomic E-state index is 13.0. The molecule has 12 nitrogen and oxygen atoms in total. The monoisotopic (exact) mass is 601 g/mol. The molecule has 0 bridgehead atoms. The van der Waals surface area contributed by atoms with Crippen LogP contribution in [0.15, 0.2) is 39.0 Å². The Labute approximate surface area is 232 Å². The fourth-order valence-corrected chi connectivity index (χ4v) is 7.88. The number of carboxylic acids is 1. The number of β-lactam (4-membered cyclic amide) rings is 1. The molecule has 2 aromatic rings. The highest BCUT2D eigenvalue weighted by Crippen LogP contribution is 2.45. The number of halogens is 1. The molecule has 2 atom stereocenters. The van der Waals surface area contributed by atoms with Gasteiger partial charge < -0.3 is 27.1 Å². The lowest BCUT2D eigenvalue weighted by atomic mass is 10.0. The molecule has 0 aromatic carbocycles. The van der Waals surface area contributed by atoms with E-state index in [2.05, 4.69) is 20.4 Å². The highest BCUT2D eigenvalue weighted by molar-refractivity contribution is 8.06. The number of hydrogen-bond donors (Lipinski definition) is 5. The van der Waals surface area contributed by atoms with Crippen LogP contribution in [-0.4, -0.2) is 78.1 Å². The van der Waals surface area contributed by atoms with Gasteiger partial charge in [-0.3, -0.25) is 19.5 Å². The number of nitrogens with two attached hydrogens (primary N) is 2. The number of nitrogens with zero attached hydrogens (tertiary/aromatic N) is 4. The summed E-state index contributed by atoms with van der Waals surface area (Å²) in [5.74, 6) is -1.08. The molecule has 0 saturated carbocycles. The number of carboxylic acid groups (broad SMARTS) is 1. The summed E-state index contributed by atoms with van der Waals surface area (Å²) in [5.41, 5.74) is 11.2. The molecule has 2 unspecified atom stereocenters. The molecule has 196 valence electrons. The first kappa shape index (κ1) is 27.5. The number of amides is 2. The normalized spacial score (nSPS) is 19.5. The number of nitrogens with one attached hydrogen (secondary N) is 1. The lowest BCUT2D eigenvalue weighted by Gasteiger charge is -2.49. The van der Waals surface area contributed by atoms with Gasteiger partial charge in [-0.15, -0.1) is 11.8 Å². The Hall–Kier alpha value is -2.50. The lowest BCUT2D eigenvalue weighted by molar-refractivity contribution is -0.150. The van der Waals surface area contributed by atoms with Crippen molar-refractivity contribution in [1.82, 2.24) is 20.2 Å². The van der Waals surface area contributed by atoms with E-state index in [1.54, 1.807) is 24.0 Å². The van der Waals surface area contributed by atoms with Crippen molar-refractivity contribution in [3.63, 3.8) is 0 Å². The smallest absolute Gasteiger partial charge is 0.353 e. The van der Waals surface area contributed by atoms with Crippen molar-refractivity contribution in [1.29, 1.82) is 0 Å². The second-order valence-electron chi connectivity index (χ2n) is 7.45. The van der Waals surface area contributed by atoms with Gasteiger partial charge in [0, 0.05) is 39.8 Å². The van der Waals surface area contributed by atoms with Crippen molar-refractivity contribution in [2.45, 2.75) is 22.1 Å². The van der Waals surface area contributed by atoms with Crippen LogP contribution in [-0.2, 0) is 20.1 Å². The molecule has 37 heavy (non-hydrogen) atoms. The average Bonchev–Trinajstić information content (AvgIpc) is 3.20. The summed E-state index contributed by atoms with van der Waals surface area (Å²) in [4.78, 5) is 48.7. The van der Waals surface area contributed by atoms with Gasteiger partial charge in [0.25, 0.3) is 11.8 Å². The van der Waals surface area contributed by atoms with Gasteiger partial charge in [-0.25, -0.2) is 9.78 Å². The molecule has 0 spiro atoms. The van der Waals surface area contributed by atoms with Gasteiger partial charge in [-0.05, 0) is 12.1 Å². The van der Waals surface area contributed by atoms with E-state index >= 15 is 0 Å². The van der Waals surface area contributed by atoms with Crippen LogP contribution in [0.2, 0.25) is 4.34 Å². The number of thiazole rings is 1. The first-order valence-corrected chi connectivity index (χ1v) is 14.7. The molecule has 2 aromatic heterocycles. The highest BCUT2D eigenvalue weighted by atomic mass is 35.5. The van der Waals surface area contributed by atoms with Crippen molar-refractivity contribution in [2.75, 3.05) is 23.8 Å². The number of thioether (sulfide) groups is 3. The zero-order chi connectivity index (χ0) is 26.7. The molecular formula is C20H20ClN7O5S4. The molecule has 0 radical (unpaired) electrons. The molecule has 1 fully saturated rings. The van der Waals surface area contributed by atoms with E-state index in [-0.39, 0.29) is 20.9 Å². The summed E-state index contributed by atoms with van der Waals surface area (Å²) in [5, 5.41) is 24.2. The number of oxime groups is 1. The van der Waals surface area contributed by atoms with Gasteiger partial charge >= 0.3 is 5.97 Å². The van der Waals surface area contributed by atoms with Crippen LogP contribution < -0.4 is 16.8 Å². The summed E-state index contributed by atoms with van der Waals surface area (Å²) >= 11 is 11.1. The summed E-state index contributed by atoms with van der Waals surface area (Å²) < 4.78 is 0.0445. The van der Waals surface area contributed by atoms with Gasteiger partial charge in [0.2, 0.25) is 0 Å². The maximum atomic E-state index is 13.0.